The van der Waals surface area contributed by atoms with E-state index in [1.54, 1.807) is 12.4 Å². The SMILES string of the molecule is Cc1cc[c-]c(-n2[c-][n+](-c3cccc(C)c3)c(-c3ccccc3)c2-c2ccccc2)c1.Cc1cc[c-]c(-n2[c-][n+](-c3cccc(C)c3)c(-c3ccccc3)c2-c2ccccc2)c1.[Ir].c1ccc(-c2cnn[n-]2)nc1. The Bertz CT molecular complexity index is 3290. The van der Waals surface area contributed by atoms with Crippen molar-refractivity contribution in [2.45, 2.75) is 27.7 Å². The van der Waals surface area contributed by atoms with E-state index in [0.717, 1.165) is 73.5 Å². The van der Waals surface area contributed by atoms with E-state index in [0.29, 0.717) is 5.69 Å². The minimum absolute atomic E-state index is 0. The van der Waals surface area contributed by atoms with Gasteiger partial charge in [-0.05, 0) is 89.6 Å². The third-order valence-corrected chi connectivity index (χ3v) is 12.1. The monoisotopic (exact) mass is 1140 g/mol. The molecule has 1 radical (unpaired) electrons. The Morgan fingerprint density at radius 2 is 0.851 bits per heavy atom. The standard InChI is InChI=1S/2C29H23N2.C7H5N4.Ir/c2*1-22-11-9-17-26(19-22)30-21-31(27-18-10-12-23(2)20-27)29(25-15-7-4-8-16-25)28(30)24-13-5-3-6-14-24;1-2-4-8-6(3-1)7-5-9-11-10-7;/h2*3-17,19-20H,1-2H3;1-5H;/q3*-1;. The van der Waals surface area contributed by atoms with Crippen LogP contribution in [-0.2, 0) is 20.1 Å². The number of aryl methyl sites for hydroxylation is 4. The summed E-state index contributed by atoms with van der Waals surface area (Å²) in [6, 6.07) is 84.1. The van der Waals surface area contributed by atoms with Crippen molar-refractivity contribution in [3.63, 3.8) is 0 Å². The molecule has 0 N–H and O–H groups in total. The van der Waals surface area contributed by atoms with Crippen LogP contribution in [0.1, 0.15) is 22.3 Å². The van der Waals surface area contributed by atoms with Crippen molar-refractivity contribution < 1.29 is 29.2 Å². The number of hydrogen-bond acceptors (Lipinski definition) is 3. The molecule has 74 heavy (non-hydrogen) atoms. The second-order valence-corrected chi connectivity index (χ2v) is 17.6. The van der Waals surface area contributed by atoms with Gasteiger partial charge >= 0.3 is 0 Å². The van der Waals surface area contributed by atoms with Gasteiger partial charge in [-0.15, -0.1) is 0 Å². The van der Waals surface area contributed by atoms with E-state index in [4.69, 9.17) is 0 Å². The van der Waals surface area contributed by atoms with Gasteiger partial charge in [-0.1, -0.05) is 183 Å². The zero-order valence-corrected chi connectivity index (χ0v) is 43.8. The van der Waals surface area contributed by atoms with Gasteiger partial charge in [0.25, 0.3) is 12.7 Å². The summed E-state index contributed by atoms with van der Waals surface area (Å²) in [5.41, 5.74) is 19.4. The third kappa shape index (κ3) is 11.4. The van der Waals surface area contributed by atoms with Crippen LogP contribution >= 0.6 is 0 Å². The Kier molecular flexibility index (Phi) is 15.9. The van der Waals surface area contributed by atoms with Crippen LogP contribution in [0, 0.1) is 52.5 Å². The van der Waals surface area contributed by atoms with Gasteiger partial charge in [0.1, 0.15) is 0 Å². The Balaban J connectivity index is 0.000000149. The molecular formula is C65H51IrN8-3. The summed E-state index contributed by atoms with van der Waals surface area (Å²) in [5, 5.41) is 10.8. The molecular weight excluding hydrogens is 1080 g/mol. The molecule has 4 heterocycles. The van der Waals surface area contributed by atoms with Gasteiger partial charge in [-0.2, -0.15) is 59.7 Å². The molecule has 9 heteroatoms. The Labute approximate surface area is 447 Å². The van der Waals surface area contributed by atoms with Crippen molar-refractivity contribution >= 4 is 0 Å². The van der Waals surface area contributed by atoms with E-state index in [-0.39, 0.29) is 20.1 Å². The molecule has 0 saturated heterocycles. The fraction of sp³-hybridized carbons (Fsp3) is 0.0615. The fourth-order valence-electron chi connectivity index (χ4n) is 8.73. The summed E-state index contributed by atoms with van der Waals surface area (Å²) in [6.45, 7) is 8.46. The molecule has 0 aliphatic heterocycles. The van der Waals surface area contributed by atoms with Gasteiger partial charge in [-0.25, -0.2) is 0 Å². The molecule has 12 aromatic rings. The topological polar surface area (TPSA) is 70.4 Å². The van der Waals surface area contributed by atoms with Gasteiger partial charge in [0.2, 0.25) is 0 Å². The van der Waals surface area contributed by atoms with Gasteiger partial charge in [0, 0.05) is 26.3 Å². The Morgan fingerprint density at radius 3 is 1.23 bits per heavy atom. The van der Waals surface area contributed by atoms with Crippen LogP contribution in [0.25, 0.3) is 79.2 Å². The molecule has 4 aromatic heterocycles. The van der Waals surface area contributed by atoms with Crippen LogP contribution < -0.4 is 14.2 Å². The number of rotatable bonds is 9. The van der Waals surface area contributed by atoms with Crippen LogP contribution in [0.2, 0.25) is 0 Å². The van der Waals surface area contributed by atoms with Crippen molar-refractivity contribution in [2.24, 2.45) is 0 Å². The maximum absolute atomic E-state index is 4.08. The van der Waals surface area contributed by atoms with Crippen LogP contribution in [0.4, 0.5) is 0 Å². The predicted molar refractivity (Wildman–Crippen MR) is 289 cm³/mol. The number of aromatic nitrogens is 8. The van der Waals surface area contributed by atoms with E-state index in [1.165, 1.54) is 22.3 Å². The quantitative estimate of drug-likeness (QED) is 0.107. The maximum atomic E-state index is 4.08. The number of nitrogens with zero attached hydrogens (tertiary/aromatic N) is 8. The number of pyridine rings is 1. The molecule has 0 saturated carbocycles. The summed E-state index contributed by atoms with van der Waals surface area (Å²) < 4.78 is 8.60. The van der Waals surface area contributed by atoms with E-state index < -0.39 is 0 Å². The fourth-order valence-corrected chi connectivity index (χ4v) is 8.73. The number of imidazole rings is 2. The molecule has 8 aromatic carbocycles. The first kappa shape index (κ1) is 50.1. The average molecular weight is 1140 g/mol. The molecule has 0 spiro atoms. The molecule has 0 atom stereocenters. The molecule has 0 bridgehead atoms. The normalized spacial score (nSPS) is 10.6. The van der Waals surface area contributed by atoms with E-state index in [9.17, 15) is 0 Å². The minimum atomic E-state index is 0. The zero-order chi connectivity index (χ0) is 49.9. The largest absolute Gasteiger partial charge is 0.358 e. The van der Waals surface area contributed by atoms with Crippen LogP contribution in [0.5, 0.6) is 0 Å². The summed E-state index contributed by atoms with van der Waals surface area (Å²) >= 11 is 0. The van der Waals surface area contributed by atoms with E-state index in [1.807, 2.05) is 30.3 Å². The third-order valence-electron chi connectivity index (χ3n) is 12.1. The van der Waals surface area contributed by atoms with Gasteiger partial charge in [0.15, 0.2) is 0 Å². The Hall–Kier alpha value is -8.88. The van der Waals surface area contributed by atoms with Crippen LogP contribution in [0.15, 0.2) is 237 Å². The second-order valence-electron chi connectivity index (χ2n) is 17.6. The molecule has 0 fully saturated rings. The smallest absolute Gasteiger partial charge is 0.268 e. The maximum Gasteiger partial charge on any atom is 0.268 e. The molecule has 363 valence electrons. The minimum Gasteiger partial charge on any atom is -0.358 e. The summed E-state index contributed by atoms with van der Waals surface area (Å²) in [5.74, 6) is 0. The first-order chi connectivity index (χ1) is 35.9. The van der Waals surface area contributed by atoms with Crippen molar-refractivity contribution in [2.75, 3.05) is 0 Å². The van der Waals surface area contributed by atoms with Crippen molar-refractivity contribution in [3.8, 4) is 79.2 Å². The van der Waals surface area contributed by atoms with Crippen molar-refractivity contribution in [1.82, 2.24) is 29.5 Å². The predicted octanol–water partition coefficient (Wildman–Crippen LogP) is 13.1. The van der Waals surface area contributed by atoms with E-state index >= 15 is 0 Å². The first-order valence-corrected chi connectivity index (χ1v) is 24.1. The molecule has 12 rings (SSSR count). The molecule has 8 nitrogen and oxygen atoms in total. The van der Waals surface area contributed by atoms with Gasteiger partial charge in [0.05, 0.1) is 39.8 Å². The van der Waals surface area contributed by atoms with Gasteiger partial charge < -0.3 is 19.3 Å². The van der Waals surface area contributed by atoms with Crippen LogP contribution in [0.3, 0.4) is 0 Å². The summed E-state index contributed by atoms with van der Waals surface area (Å²) in [7, 11) is 0. The molecule has 0 unspecified atom stereocenters. The average Bonchev–Trinajstić information content (AvgIpc) is 4.22. The van der Waals surface area contributed by atoms with Crippen molar-refractivity contribution in [1.29, 1.82) is 0 Å². The first-order valence-electron chi connectivity index (χ1n) is 24.1. The molecule has 0 aliphatic carbocycles. The zero-order valence-electron chi connectivity index (χ0n) is 41.4. The Morgan fingerprint density at radius 1 is 0.432 bits per heavy atom. The van der Waals surface area contributed by atoms with Crippen LogP contribution in [-0.4, -0.2) is 24.4 Å². The molecule has 0 amide bonds. The molecule has 0 aliphatic rings. The number of benzene rings is 8. The number of hydrogen-bond donors (Lipinski definition) is 0. The van der Waals surface area contributed by atoms with E-state index in [2.05, 4.69) is 285 Å². The summed E-state index contributed by atoms with van der Waals surface area (Å²) in [6.07, 6.45) is 10.6. The van der Waals surface area contributed by atoms with Crippen molar-refractivity contribution in [3.05, 3.63) is 284 Å². The van der Waals surface area contributed by atoms with Gasteiger partial charge in [-0.3, -0.25) is 19.3 Å². The second kappa shape index (κ2) is 23.6. The summed E-state index contributed by atoms with van der Waals surface area (Å²) in [4.78, 5) is 4.08.